The van der Waals surface area contributed by atoms with Gasteiger partial charge in [0.1, 0.15) is 11.1 Å². The fourth-order valence-corrected chi connectivity index (χ4v) is 4.39. The highest BCUT2D eigenvalue weighted by molar-refractivity contribution is 7.16. The molecular formula is C17H14N4O5S. The summed E-state index contributed by atoms with van der Waals surface area (Å²) in [6, 6.07) is 3.95. The number of amides is 1. The van der Waals surface area contributed by atoms with Crippen LogP contribution in [0.1, 0.15) is 44.8 Å². The summed E-state index contributed by atoms with van der Waals surface area (Å²) in [4.78, 5) is 34.4. The number of benzene rings is 1. The van der Waals surface area contributed by atoms with Crippen LogP contribution in [0.3, 0.4) is 0 Å². The molecular weight excluding hydrogens is 372 g/mol. The van der Waals surface area contributed by atoms with Crippen molar-refractivity contribution < 1.29 is 14.6 Å². The van der Waals surface area contributed by atoms with Crippen LogP contribution in [0, 0.1) is 38.5 Å². The second kappa shape index (κ2) is 7.13. The summed E-state index contributed by atoms with van der Waals surface area (Å²) >= 11 is 1.31. The minimum absolute atomic E-state index is 0.0305. The van der Waals surface area contributed by atoms with Crippen molar-refractivity contribution in [3.63, 3.8) is 0 Å². The van der Waals surface area contributed by atoms with Gasteiger partial charge in [0.2, 0.25) is 0 Å². The highest BCUT2D eigenvalue weighted by Crippen LogP contribution is 2.38. The Balaban J connectivity index is 2.02. The quantitative estimate of drug-likeness (QED) is 0.625. The lowest BCUT2D eigenvalue weighted by molar-refractivity contribution is -0.394. The van der Waals surface area contributed by atoms with Crippen molar-refractivity contribution in [2.75, 3.05) is 5.32 Å². The minimum atomic E-state index is -0.784. The number of nitrogens with zero attached hydrogens (tertiary/aromatic N) is 3. The van der Waals surface area contributed by atoms with E-state index in [2.05, 4.69) is 11.4 Å². The number of thiophene rings is 1. The Labute approximate surface area is 157 Å². The average Bonchev–Trinajstić information content (AvgIpc) is 2.98. The molecule has 27 heavy (non-hydrogen) atoms. The van der Waals surface area contributed by atoms with Crippen molar-refractivity contribution in [1.29, 1.82) is 5.26 Å². The van der Waals surface area contributed by atoms with Crippen molar-refractivity contribution >= 4 is 33.6 Å². The number of carbonyl (C=O) groups is 1. The van der Waals surface area contributed by atoms with Gasteiger partial charge in [0.25, 0.3) is 17.3 Å². The maximum absolute atomic E-state index is 12.7. The standard InChI is InChI=1S/C17H14N4O5S/c1-9-12(6-10(20(23)24)7-14(9)21(25)26)16(22)19-17-13(8-18)11-4-2-3-5-15(11)27-17/h6-7H,2-5H2,1H3,(H,19,22). The number of carbonyl (C=O) groups excluding carboxylic acids is 1. The van der Waals surface area contributed by atoms with E-state index in [4.69, 9.17) is 0 Å². The average molecular weight is 386 g/mol. The molecule has 1 aromatic heterocycles. The zero-order chi connectivity index (χ0) is 19.7. The Bertz CT molecular complexity index is 1020. The topological polar surface area (TPSA) is 139 Å². The molecule has 0 atom stereocenters. The van der Waals surface area contributed by atoms with Crippen molar-refractivity contribution in [1.82, 2.24) is 0 Å². The molecule has 0 bridgehead atoms. The van der Waals surface area contributed by atoms with Crippen LogP contribution in [0.15, 0.2) is 12.1 Å². The number of anilines is 1. The van der Waals surface area contributed by atoms with Gasteiger partial charge in [-0.3, -0.25) is 25.0 Å². The highest BCUT2D eigenvalue weighted by atomic mass is 32.1. The van der Waals surface area contributed by atoms with Crippen LogP contribution >= 0.6 is 11.3 Å². The van der Waals surface area contributed by atoms with Gasteiger partial charge in [-0.25, -0.2) is 0 Å². The van der Waals surface area contributed by atoms with Gasteiger partial charge in [0, 0.05) is 16.5 Å². The van der Waals surface area contributed by atoms with E-state index < -0.39 is 27.1 Å². The molecule has 1 aliphatic rings. The lowest BCUT2D eigenvalue weighted by atomic mass is 9.96. The fourth-order valence-electron chi connectivity index (χ4n) is 3.16. The molecule has 0 unspecified atom stereocenters. The second-order valence-electron chi connectivity index (χ2n) is 6.13. The van der Waals surface area contributed by atoms with Crippen LogP contribution in [-0.2, 0) is 12.8 Å². The summed E-state index contributed by atoms with van der Waals surface area (Å²) in [5.74, 6) is -0.714. The first kappa shape index (κ1) is 18.5. The van der Waals surface area contributed by atoms with Gasteiger partial charge in [-0.1, -0.05) is 0 Å². The molecule has 0 radical (unpaired) electrons. The molecule has 0 saturated heterocycles. The molecule has 9 nitrogen and oxygen atoms in total. The third kappa shape index (κ3) is 3.37. The number of non-ortho nitro benzene ring substituents is 1. The van der Waals surface area contributed by atoms with Crippen LogP contribution in [0.25, 0.3) is 0 Å². The van der Waals surface area contributed by atoms with Crippen LogP contribution in [-0.4, -0.2) is 15.8 Å². The van der Waals surface area contributed by atoms with Gasteiger partial charge in [0.15, 0.2) is 0 Å². The molecule has 10 heteroatoms. The van der Waals surface area contributed by atoms with Gasteiger partial charge in [-0.05, 0) is 38.2 Å². The number of nitro groups is 2. The molecule has 1 aliphatic carbocycles. The summed E-state index contributed by atoms with van der Waals surface area (Å²) in [5, 5.41) is 34.7. The first-order chi connectivity index (χ1) is 12.8. The van der Waals surface area contributed by atoms with Crippen LogP contribution in [0.5, 0.6) is 0 Å². The molecule has 138 valence electrons. The Hall–Kier alpha value is -3.32. The molecule has 0 saturated carbocycles. The molecule has 0 aliphatic heterocycles. The van der Waals surface area contributed by atoms with E-state index in [0.717, 1.165) is 48.3 Å². The smallest absolute Gasteiger partial charge is 0.279 e. The van der Waals surface area contributed by atoms with E-state index in [1.165, 1.54) is 18.3 Å². The number of rotatable bonds is 4. The zero-order valence-corrected chi connectivity index (χ0v) is 15.1. The Kier molecular flexibility index (Phi) is 4.87. The minimum Gasteiger partial charge on any atom is -0.312 e. The van der Waals surface area contributed by atoms with Crippen molar-refractivity contribution in [2.45, 2.75) is 32.6 Å². The number of nitriles is 1. The fraction of sp³-hybridized carbons (Fsp3) is 0.294. The van der Waals surface area contributed by atoms with Gasteiger partial charge in [-0.15, -0.1) is 11.3 Å². The molecule has 0 spiro atoms. The van der Waals surface area contributed by atoms with Gasteiger partial charge in [-0.2, -0.15) is 5.26 Å². The number of fused-ring (bicyclic) bond motifs is 1. The Morgan fingerprint density at radius 3 is 2.56 bits per heavy atom. The summed E-state index contributed by atoms with van der Waals surface area (Å²) < 4.78 is 0. The third-order valence-electron chi connectivity index (χ3n) is 4.53. The maximum Gasteiger partial charge on any atom is 0.279 e. The Morgan fingerprint density at radius 1 is 1.22 bits per heavy atom. The first-order valence-corrected chi connectivity index (χ1v) is 8.94. The van der Waals surface area contributed by atoms with E-state index >= 15 is 0 Å². The van der Waals surface area contributed by atoms with Crippen molar-refractivity contribution in [3.8, 4) is 6.07 Å². The van der Waals surface area contributed by atoms with Crippen molar-refractivity contribution in [3.05, 3.63) is 59.5 Å². The highest BCUT2D eigenvalue weighted by Gasteiger charge is 2.27. The molecule has 1 N–H and O–H groups in total. The van der Waals surface area contributed by atoms with Crippen LogP contribution in [0.4, 0.5) is 16.4 Å². The molecule has 1 amide bonds. The summed E-state index contributed by atoms with van der Waals surface area (Å²) in [7, 11) is 0. The lowest BCUT2D eigenvalue weighted by Gasteiger charge is -2.09. The van der Waals surface area contributed by atoms with Gasteiger partial charge < -0.3 is 5.32 Å². The summed E-state index contributed by atoms with van der Waals surface area (Å²) in [5.41, 5.74) is 0.171. The number of nitrogens with one attached hydrogen (secondary N) is 1. The second-order valence-corrected chi connectivity index (χ2v) is 7.24. The van der Waals surface area contributed by atoms with Crippen LogP contribution in [0.2, 0.25) is 0 Å². The molecule has 0 fully saturated rings. The van der Waals surface area contributed by atoms with E-state index in [-0.39, 0.29) is 11.1 Å². The Morgan fingerprint density at radius 2 is 1.93 bits per heavy atom. The number of hydrogen-bond acceptors (Lipinski definition) is 7. The predicted octanol–water partition coefficient (Wildman–Crippen LogP) is 3.88. The summed E-state index contributed by atoms with van der Waals surface area (Å²) in [6.07, 6.45) is 3.60. The predicted molar refractivity (Wildman–Crippen MR) is 98.1 cm³/mol. The van der Waals surface area contributed by atoms with E-state index in [1.807, 2.05) is 0 Å². The largest absolute Gasteiger partial charge is 0.312 e. The van der Waals surface area contributed by atoms with Crippen LogP contribution < -0.4 is 5.32 Å². The molecule has 2 aromatic rings. The molecule has 1 aromatic carbocycles. The lowest BCUT2D eigenvalue weighted by Crippen LogP contribution is -2.15. The molecule has 1 heterocycles. The van der Waals surface area contributed by atoms with Crippen molar-refractivity contribution in [2.24, 2.45) is 0 Å². The van der Waals surface area contributed by atoms with E-state index in [1.54, 1.807) is 0 Å². The third-order valence-corrected chi connectivity index (χ3v) is 5.73. The monoisotopic (exact) mass is 386 g/mol. The van der Waals surface area contributed by atoms with Gasteiger partial charge >= 0.3 is 0 Å². The number of nitro benzene ring substituents is 2. The van der Waals surface area contributed by atoms with E-state index in [0.29, 0.717) is 10.6 Å². The first-order valence-electron chi connectivity index (χ1n) is 8.13. The number of hydrogen-bond donors (Lipinski definition) is 1. The number of aryl methyl sites for hydroxylation is 1. The maximum atomic E-state index is 12.7. The van der Waals surface area contributed by atoms with Gasteiger partial charge in [0.05, 0.1) is 27.0 Å². The molecule has 3 rings (SSSR count). The SMILES string of the molecule is Cc1c(C(=O)Nc2sc3c(c2C#N)CCCC3)cc([N+](=O)[O-])cc1[N+](=O)[O-]. The zero-order valence-electron chi connectivity index (χ0n) is 14.3. The van der Waals surface area contributed by atoms with E-state index in [9.17, 15) is 30.3 Å². The normalized spacial score (nSPS) is 12.7. The summed E-state index contributed by atoms with van der Waals surface area (Å²) in [6.45, 7) is 1.36.